The van der Waals surface area contributed by atoms with Gasteiger partial charge in [0.05, 0.1) is 0 Å². The Labute approximate surface area is 139 Å². The number of hydrogen-bond acceptors (Lipinski definition) is 2. The molecule has 0 aromatic heterocycles. The zero-order valence-corrected chi connectivity index (χ0v) is 14.2. The number of piperazine rings is 1. The topological polar surface area (TPSA) is 18.5 Å². The van der Waals surface area contributed by atoms with Crippen LogP contribution < -0.4 is 5.32 Å². The second-order valence-corrected chi connectivity index (χ2v) is 6.92. The molecule has 4 heteroatoms. The smallest absolute Gasteiger partial charge is 0.169 e. The van der Waals surface area contributed by atoms with E-state index in [2.05, 4.69) is 45.4 Å². The minimum atomic E-state index is 0.614. The molecule has 0 bridgehead atoms. The number of benzene rings is 1. The van der Waals surface area contributed by atoms with Gasteiger partial charge < -0.3 is 10.2 Å². The Morgan fingerprint density at radius 1 is 1.00 bits per heavy atom. The van der Waals surface area contributed by atoms with Gasteiger partial charge in [-0.1, -0.05) is 49.6 Å². The third kappa shape index (κ3) is 4.43. The summed E-state index contributed by atoms with van der Waals surface area (Å²) in [6.07, 6.45) is 6.67. The summed E-state index contributed by atoms with van der Waals surface area (Å²) in [5, 5.41) is 4.57. The van der Waals surface area contributed by atoms with Gasteiger partial charge in [-0.15, -0.1) is 0 Å². The van der Waals surface area contributed by atoms with Gasteiger partial charge in [-0.05, 0) is 30.6 Å². The molecule has 1 heterocycles. The van der Waals surface area contributed by atoms with Crippen molar-refractivity contribution in [3.05, 3.63) is 35.9 Å². The Morgan fingerprint density at radius 2 is 1.68 bits per heavy atom. The predicted molar refractivity (Wildman–Crippen MR) is 95.9 cm³/mol. The average Bonchev–Trinajstić information content (AvgIpc) is 2.57. The highest BCUT2D eigenvalue weighted by Crippen LogP contribution is 2.18. The highest BCUT2D eigenvalue weighted by Gasteiger charge is 2.21. The van der Waals surface area contributed by atoms with Crippen molar-refractivity contribution in [3.8, 4) is 0 Å². The minimum Gasteiger partial charge on any atom is -0.360 e. The third-order valence-corrected chi connectivity index (χ3v) is 5.22. The molecule has 0 atom stereocenters. The summed E-state index contributed by atoms with van der Waals surface area (Å²) in [5.41, 5.74) is 1.40. The molecule has 3 rings (SSSR count). The average molecular weight is 318 g/mol. The van der Waals surface area contributed by atoms with E-state index < -0.39 is 0 Å². The number of thiocarbonyl (C=S) groups is 1. The second kappa shape index (κ2) is 7.93. The molecule has 3 nitrogen and oxygen atoms in total. The van der Waals surface area contributed by atoms with Crippen LogP contribution in [0.3, 0.4) is 0 Å². The van der Waals surface area contributed by atoms with Crippen LogP contribution in [0.15, 0.2) is 30.3 Å². The van der Waals surface area contributed by atoms with Gasteiger partial charge in [0.25, 0.3) is 0 Å². The number of rotatable bonds is 3. The summed E-state index contributed by atoms with van der Waals surface area (Å²) in [6.45, 7) is 5.34. The molecule has 0 amide bonds. The summed E-state index contributed by atoms with van der Waals surface area (Å²) in [5.74, 6) is 0. The first-order chi connectivity index (χ1) is 10.8. The summed E-state index contributed by atoms with van der Waals surface area (Å²) in [4.78, 5) is 4.88. The molecular formula is C18H27N3S. The first-order valence-electron chi connectivity index (χ1n) is 8.63. The predicted octanol–water partition coefficient (Wildman–Crippen LogP) is 3.01. The van der Waals surface area contributed by atoms with Crippen LogP contribution in [0.4, 0.5) is 0 Å². The zero-order chi connectivity index (χ0) is 15.2. The van der Waals surface area contributed by atoms with Gasteiger partial charge in [-0.3, -0.25) is 4.90 Å². The van der Waals surface area contributed by atoms with E-state index in [1.54, 1.807) is 0 Å². The van der Waals surface area contributed by atoms with Gasteiger partial charge >= 0.3 is 0 Å². The van der Waals surface area contributed by atoms with Gasteiger partial charge in [0.1, 0.15) is 0 Å². The lowest BCUT2D eigenvalue weighted by atomic mass is 9.96. The Morgan fingerprint density at radius 3 is 2.36 bits per heavy atom. The van der Waals surface area contributed by atoms with Crippen LogP contribution in [0.5, 0.6) is 0 Å². The van der Waals surface area contributed by atoms with E-state index in [1.165, 1.54) is 37.7 Å². The van der Waals surface area contributed by atoms with Crippen molar-refractivity contribution >= 4 is 17.3 Å². The summed E-state index contributed by atoms with van der Waals surface area (Å²) < 4.78 is 0. The molecule has 1 N–H and O–H groups in total. The molecule has 0 unspecified atom stereocenters. The number of nitrogens with one attached hydrogen (secondary N) is 1. The van der Waals surface area contributed by atoms with Crippen LogP contribution in [0.2, 0.25) is 0 Å². The largest absolute Gasteiger partial charge is 0.360 e. The standard InChI is InChI=1S/C18H27N3S/c22-18(19-17-9-5-2-6-10-17)21-13-11-20(12-14-21)15-16-7-3-1-4-8-16/h1,3-4,7-8,17H,2,5-6,9-15H2,(H,19,22). The Bertz CT molecular complexity index is 462. The van der Waals surface area contributed by atoms with Crippen molar-refractivity contribution in [2.45, 2.75) is 44.7 Å². The van der Waals surface area contributed by atoms with E-state index in [0.717, 1.165) is 37.8 Å². The number of hydrogen-bond donors (Lipinski definition) is 1. The first kappa shape index (κ1) is 15.8. The molecule has 1 aromatic rings. The molecule has 1 aromatic carbocycles. The lowest BCUT2D eigenvalue weighted by Crippen LogP contribution is -2.53. The fourth-order valence-corrected chi connectivity index (χ4v) is 3.81. The highest BCUT2D eigenvalue weighted by atomic mass is 32.1. The van der Waals surface area contributed by atoms with Crippen molar-refractivity contribution in [2.75, 3.05) is 26.2 Å². The third-order valence-electron chi connectivity index (χ3n) is 4.84. The fraction of sp³-hybridized carbons (Fsp3) is 0.611. The SMILES string of the molecule is S=C(NC1CCCCC1)N1CCN(Cc2ccccc2)CC1. The summed E-state index contributed by atoms with van der Waals surface area (Å²) in [6, 6.07) is 11.4. The zero-order valence-electron chi connectivity index (χ0n) is 13.3. The van der Waals surface area contributed by atoms with E-state index in [4.69, 9.17) is 12.2 Å². The molecule has 1 saturated heterocycles. The lowest BCUT2D eigenvalue weighted by molar-refractivity contribution is 0.173. The van der Waals surface area contributed by atoms with Gasteiger partial charge in [0.15, 0.2) is 5.11 Å². The van der Waals surface area contributed by atoms with Crippen molar-refractivity contribution in [2.24, 2.45) is 0 Å². The molecule has 2 fully saturated rings. The van der Waals surface area contributed by atoms with Gasteiger partial charge in [0, 0.05) is 38.8 Å². The van der Waals surface area contributed by atoms with Crippen LogP contribution in [0.25, 0.3) is 0 Å². The Kier molecular flexibility index (Phi) is 5.68. The Hall–Kier alpha value is -1.13. The fourth-order valence-electron chi connectivity index (χ4n) is 3.46. The van der Waals surface area contributed by atoms with Gasteiger partial charge in [-0.25, -0.2) is 0 Å². The minimum absolute atomic E-state index is 0.614. The normalized spacial score (nSPS) is 20.8. The second-order valence-electron chi connectivity index (χ2n) is 6.53. The van der Waals surface area contributed by atoms with E-state index in [1.807, 2.05) is 0 Å². The molecule has 1 aliphatic heterocycles. The molecule has 0 radical (unpaired) electrons. The van der Waals surface area contributed by atoms with Crippen LogP contribution >= 0.6 is 12.2 Å². The van der Waals surface area contributed by atoms with Crippen LogP contribution in [-0.2, 0) is 6.54 Å². The molecule has 2 aliphatic rings. The molecule has 120 valence electrons. The van der Waals surface area contributed by atoms with E-state index in [0.29, 0.717) is 6.04 Å². The maximum atomic E-state index is 5.62. The van der Waals surface area contributed by atoms with Crippen LogP contribution in [0.1, 0.15) is 37.7 Å². The maximum absolute atomic E-state index is 5.62. The first-order valence-corrected chi connectivity index (χ1v) is 9.04. The highest BCUT2D eigenvalue weighted by molar-refractivity contribution is 7.80. The van der Waals surface area contributed by atoms with E-state index >= 15 is 0 Å². The van der Waals surface area contributed by atoms with Crippen molar-refractivity contribution < 1.29 is 0 Å². The monoisotopic (exact) mass is 317 g/mol. The summed E-state index contributed by atoms with van der Waals surface area (Å²) in [7, 11) is 0. The molecule has 0 spiro atoms. The Balaban J connectivity index is 1.42. The van der Waals surface area contributed by atoms with Crippen LogP contribution in [0, 0.1) is 0 Å². The number of nitrogens with zero attached hydrogens (tertiary/aromatic N) is 2. The lowest BCUT2D eigenvalue weighted by Gasteiger charge is -2.37. The van der Waals surface area contributed by atoms with E-state index in [-0.39, 0.29) is 0 Å². The van der Waals surface area contributed by atoms with Crippen LogP contribution in [-0.4, -0.2) is 47.1 Å². The van der Waals surface area contributed by atoms with Crippen molar-refractivity contribution in [1.82, 2.24) is 15.1 Å². The summed E-state index contributed by atoms with van der Waals surface area (Å²) >= 11 is 5.62. The van der Waals surface area contributed by atoms with Gasteiger partial charge in [0.2, 0.25) is 0 Å². The van der Waals surface area contributed by atoms with Crippen molar-refractivity contribution in [3.63, 3.8) is 0 Å². The molecular weight excluding hydrogens is 290 g/mol. The van der Waals surface area contributed by atoms with E-state index in [9.17, 15) is 0 Å². The molecule has 1 aliphatic carbocycles. The molecule has 22 heavy (non-hydrogen) atoms. The molecule has 1 saturated carbocycles. The van der Waals surface area contributed by atoms with Gasteiger partial charge in [-0.2, -0.15) is 0 Å². The maximum Gasteiger partial charge on any atom is 0.169 e. The quantitative estimate of drug-likeness (QED) is 0.864. The van der Waals surface area contributed by atoms with Crippen molar-refractivity contribution in [1.29, 1.82) is 0 Å².